The van der Waals surface area contributed by atoms with Gasteiger partial charge in [0.2, 0.25) is 0 Å². The number of nitrogens with one attached hydrogen (secondary N) is 1. The van der Waals surface area contributed by atoms with Crippen LogP contribution in [0.4, 0.5) is 4.39 Å². The van der Waals surface area contributed by atoms with E-state index in [0.717, 1.165) is 24.9 Å². The van der Waals surface area contributed by atoms with Crippen LogP contribution in [-0.4, -0.2) is 25.3 Å². The van der Waals surface area contributed by atoms with Gasteiger partial charge in [0.25, 0.3) is 0 Å². The van der Waals surface area contributed by atoms with Crippen LogP contribution < -0.4 is 5.32 Å². The molecule has 1 unspecified atom stereocenters. The average molecular weight is 332 g/mol. The maximum atomic E-state index is 13.3. The van der Waals surface area contributed by atoms with Gasteiger partial charge in [-0.25, -0.2) is 4.39 Å². The van der Waals surface area contributed by atoms with Crippen molar-refractivity contribution in [1.82, 2.24) is 5.32 Å². The van der Waals surface area contributed by atoms with Crippen LogP contribution in [0.5, 0.6) is 0 Å². The molecule has 0 spiro atoms. The fraction of sp³-hybridized carbons (Fsp3) is 0.600. The van der Waals surface area contributed by atoms with Crippen molar-refractivity contribution in [2.45, 2.75) is 45.3 Å². The van der Waals surface area contributed by atoms with E-state index >= 15 is 0 Å². The van der Waals surface area contributed by atoms with Gasteiger partial charge in [0.15, 0.2) is 0 Å². The van der Waals surface area contributed by atoms with Gasteiger partial charge in [-0.2, -0.15) is 0 Å². The monoisotopic (exact) mass is 331 g/mol. The molecule has 0 heterocycles. The highest BCUT2D eigenvalue weighted by atomic mass is 79.9. The Morgan fingerprint density at radius 3 is 2.63 bits per heavy atom. The molecule has 0 aromatic heterocycles. The molecule has 1 N–H and O–H groups in total. The van der Waals surface area contributed by atoms with Crippen LogP contribution in [0, 0.1) is 5.82 Å². The standard InChI is InChI=1S/C15H23BrFNO/c1-5-8-18-14(15(2,3)19-4)10-11-6-7-13(17)12(16)9-11/h6-7,9,14,18H,5,8,10H2,1-4H3. The van der Waals surface area contributed by atoms with Gasteiger partial charge >= 0.3 is 0 Å². The molecule has 0 fully saturated rings. The summed E-state index contributed by atoms with van der Waals surface area (Å²) in [7, 11) is 1.72. The molecule has 19 heavy (non-hydrogen) atoms. The zero-order chi connectivity index (χ0) is 14.5. The van der Waals surface area contributed by atoms with Gasteiger partial charge in [-0.3, -0.25) is 0 Å². The SMILES string of the molecule is CCCNC(Cc1ccc(F)c(Br)c1)C(C)(C)OC. The van der Waals surface area contributed by atoms with E-state index in [1.165, 1.54) is 6.07 Å². The highest BCUT2D eigenvalue weighted by molar-refractivity contribution is 9.10. The Kier molecular flexibility index (Phi) is 6.43. The number of halogens is 2. The second-order valence-electron chi connectivity index (χ2n) is 5.27. The molecule has 0 aliphatic carbocycles. The van der Waals surface area contributed by atoms with Crippen LogP contribution in [0.2, 0.25) is 0 Å². The molecule has 4 heteroatoms. The molecule has 0 saturated carbocycles. The van der Waals surface area contributed by atoms with Crippen molar-refractivity contribution in [3.05, 3.63) is 34.1 Å². The summed E-state index contributed by atoms with van der Waals surface area (Å²) in [6.07, 6.45) is 1.88. The first-order valence-electron chi connectivity index (χ1n) is 6.63. The van der Waals surface area contributed by atoms with Crippen LogP contribution in [0.3, 0.4) is 0 Å². The first-order valence-corrected chi connectivity index (χ1v) is 7.42. The van der Waals surface area contributed by atoms with E-state index in [2.05, 4.69) is 42.0 Å². The van der Waals surface area contributed by atoms with Gasteiger partial charge in [-0.15, -0.1) is 0 Å². The summed E-state index contributed by atoms with van der Waals surface area (Å²) in [5.41, 5.74) is 0.822. The van der Waals surface area contributed by atoms with E-state index < -0.39 is 0 Å². The highest BCUT2D eigenvalue weighted by Gasteiger charge is 2.28. The molecule has 0 bridgehead atoms. The molecule has 0 aliphatic rings. The predicted octanol–water partition coefficient (Wildman–Crippen LogP) is 3.92. The van der Waals surface area contributed by atoms with Gasteiger partial charge in [0.1, 0.15) is 5.82 Å². The molecule has 1 aromatic rings. The molecular formula is C15H23BrFNO. The Balaban J connectivity index is 2.84. The maximum absolute atomic E-state index is 13.3. The summed E-state index contributed by atoms with van der Waals surface area (Å²) in [6, 6.07) is 5.35. The van der Waals surface area contributed by atoms with Crippen LogP contribution >= 0.6 is 15.9 Å². The number of hydrogen-bond donors (Lipinski definition) is 1. The number of methoxy groups -OCH3 is 1. The minimum Gasteiger partial charge on any atom is -0.377 e. The molecule has 2 nitrogen and oxygen atoms in total. The summed E-state index contributed by atoms with van der Waals surface area (Å²) in [5.74, 6) is -0.229. The zero-order valence-corrected chi connectivity index (χ0v) is 13.7. The Morgan fingerprint density at radius 2 is 2.11 bits per heavy atom. The van der Waals surface area contributed by atoms with Crippen molar-refractivity contribution in [3.63, 3.8) is 0 Å². The maximum Gasteiger partial charge on any atom is 0.137 e. The van der Waals surface area contributed by atoms with Gasteiger partial charge in [0, 0.05) is 13.2 Å². The van der Waals surface area contributed by atoms with E-state index in [4.69, 9.17) is 4.74 Å². The van der Waals surface area contributed by atoms with Crippen molar-refractivity contribution in [3.8, 4) is 0 Å². The molecule has 0 radical (unpaired) electrons. The largest absolute Gasteiger partial charge is 0.377 e. The van der Waals surface area contributed by atoms with Gasteiger partial charge in [-0.1, -0.05) is 13.0 Å². The molecular weight excluding hydrogens is 309 g/mol. The molecule has 0 amide bonds. The third-order valence-electron chi connectivity index (χ3n) is 3.43. The highest BCUT2D eigenvalue weighted by Crippen LogP contribution is 2.22. The zero-order valence-electron chi connectivity index (χ0n) is 12.1. The lowest BCUT2D eigenvalue weighted by Crippen LogP contribution is -2.49. The fourth-order valence-electron chi connectivity index (χ4n) is 1.93. The van der Waals surface area contributed by atoms with Crippen molar-refractivity contribution >= 4 is 15.9 Å². The Morgan fingerprint density at radius 1 is 1.42 bits per heavy atom. The van der Waals surface area contributed by atoms with Crippen LogP contribution in [-0.2, 0) is 11.2 Å². The number of hydrogen-bond acceptors (Lipinski definition) is 2. The van der Waals surface area contributed by atoms with E-state index in [1.54, 1.807) is 7.11 Å². The van der Waals surface area contributed by atoms with Crippen LogP contribution in [0.15, 0.2) is 22.7 Å². The summed E-state index contributed by atoms with van der Waals surface area (Å²) in [6.45, 7) is 7.22. The van der Waals surface area contributed by atoms with Crippen molar-refractivity contribution in [1.29, 1.82) is 0 Å². The normalized spacial score (nSPS) is 13.6. The summed E-state index contributed by atoms with van der Waals surface area (Å²) < 4.78 is 19.3. The average Bonchev–Trinajstić information content (AvgIpc) is 2.38. The Bertz CT molecular complexity index is 409. The smallest absolute Gasteiger partial charge is 0.137 e. The van der Waals surface area contributed by atoms with Gasteiger partial charge in [-0.05, 0) is 66.9 Å². The molecule has 0 saturated heterocycles. The first-order chi connectivity index (χ1) is 8.90. The molecule has 108 valence electrons. The van der Waals surface area contributed by atoms with E-state index in [1.807, 2.05) is 12.1 Å². The fourth-order valence-corrected chi connectivity index (χ4v) is 2.35. The Hall–Kier alpha value is -0.450. The lowest BCUT2D eigenvalue weighted by molar-refractivity contribution is -0.00998. The summed E-state index contributed by atoms with van der Waals surface area (Å²) in [4.78, 5) is 0. The van der Waals surface area contributed by atoms with E-state index in [0.29, 0.717) is 4.47 Å². The molecule has 0 aliphatic heterocycles. The topological polar surface area (TPSA) is 21.3 Å². The predicted molar refractivity (Wildman–Crippen MR) is 81.0 cm³/mol. The second kappa shape index (κ2) is 7.36. The lowest BCUT2D eigenvalue weighted by atomic mass is 9.92. The second-order valence-corrected chi connectivity index (χ2v) is 6.12. The van der Waals surface area contributed by atoms with Crippen molar-refractivity contribution in [2.24, 2.45) is 0 Å². The third kappa shape index (κ3) is 4.86. The quantitative estimate of drug-likeness (QED) is 0.817. The van der Waals surface area contributed by atoms with Gasteiger partial charge < -0.3 is 10.1 Å². The van der Waals surface area contributed by atoms with Crippen molar-refractivity contribution < 1.29 is 9.13 Å². The van der Waals surface area contributed by atoms with Gasteiger partial charge in [0.05, 0.1) is 10.1 Å². The lowest BCUT2D eigenvalue weighted by Gasteiger charge is -2.34. The first kappa shape index (κ1) is 16.6. The number of benzene rings is 1. The van der Waals surface area contributed by atoms with Crippen molar-refractivity contribution in [2.75, 3.05) is 13.7 Å². The number of ether oxygens (including phenoxy) is 1. The van der Waals surface area contributed by atoms with Crippen LogP contribution in [0.1, 0.15) is 32.8 Å². The summed E-state index contributed by atoms with van der Waals surface area (Å²) >= 11 is 3.23. The van der Waals surface area contributed by atoms with E-state index in [-0.39, 0.29) is 17.5 Å². The summed E-state index contributed by atoms with van der Waals surface area (Å²) in [5, 5.41) is 3.51. The number of rotatable bonds is 7. The molecule has 1 aromatic carbocycles. The third-order valence-corrected chi connectivity index (χ3v) is 4.04. The minimum atomic E-state index is -0.268. The molecule has 1 rings (SSSR count). The minimum absolute atomic E-state index is 0.190. The van der Waals surface area contributed by atoms with E-state index in [9.17, 15) is 4.39 Å². The Labute approximate surface area is 123 Å². The van der Waals surface area contributed by atoms with Crippen LogP contribution in [0.25, 0.3) is 0 Å². The molecule has 1 atom stereocenters.